The zero-order chi connectivity index (χ0) is 13.0. The molecule has 1 unspecified atom stereocenters. The third-order valence-corrected chi connectivity index (χ3v) is 5.47. The second kappa shape index (κ2) is 3.95. The lowest BCUT2D eigenvalue weighted by atomic mass is 9.60. The zero-order valence-corrected chi connectivity index (χ0v) is 11.5. The summed E-state index contributed by atoms with van der Waals surface area (Å²) in [6.07, 6.45) is 4.75. The van der Waals surface area contributed by atoms with Gasteiger partial charge in [-0.3, -0.25) is 0 Å². The van der Waals surface area contributed by atoms with E-state index < -0.39 is 0 Å². The highest BCUT2D eigenvalue weighted by Gasteiger charge is 2.46. The number of fused-ring (bicyclic) bond motifs is 1. The highest BCUT2D eigenvalue weighted by atomic mass is 19.1. The molecule has 19 heavy (non-hydrogen) atoms. The third-order valence-electron chi connectivity index (χ3n) is 5.47. The van der Waals surface area contributed by atoms with Gasteiger partial charge in [-0.15, -0.1) is 0 Å². The number of halogens is 1. The molecule has 2 aliphatic heterocycles. The van der Waals surface area contributed by atoms with Gasteiger partial charge in [0.15, 0.2) is 0 Å². The molecule has 2 heterocycles. The molecule has 1 N–H and O–H groups in total. The summed E-state index contributed by atoms with van der Waals surface area (Å²) >= 11 is 0. The van der Waals surface area contributed by atoms with E-state index in [2.05, 4.69) is 17.1 Å². The summed E-state index contributed by atoms with van der Waals surface area (Å²) < 4.78 is 14.5. The molecular weight excluding hydrogens is 239 g/mol. The van der Waals surface area contributed by atoms with Crippen molar-refractivity contribution >= 4 is 5.69 Å². The maximum Gasteiger partial charge on any atom is 0.129 e. The summed E-state index contributed by atoms with van der Waals surface area (Å²) in [6.45, 7) is 5.28. The van der Waals surface area contributed by atoms with E-state index >= 15 is 0 Å². The van der Waals surface area contributed by atoms with Crippen LogP contribution in [-0.4, -0.2) is 19.6 Å². The van der Waals surface area contributed by atoms with Crippen molar-refractivity contribution in [1.29, 1.82) is 0 Å². The van der Waals surface area contributed by atoms with Crippen molar-refractivity contribution in [3.05, 3.63) is 29.1 Å². The first-order valence-electron chi connectivity index (χ1n) is 7.52. The Morgan fingerprint density at radius 2 is 2.11 bits per heavy atom. The van der Waals surface area contributed by atoms with Crippen molar-refractivity contribution in [1.82, 2.24) is 5.32 Å². The first-order valence-corrected chi connectivity index (χ1v) is 7.52. The van der Waals surface area contributed by atoms with Crippen LogP contribution in [-0.2, 0) is 5.41 Å². The maximum atomic E-state index is 14.5. The third kappa shape index (κ3) is 1.51. The molecular formula is C16H21FN2. The largest absolute Gasteiger partial charge is 0.370 e. The van der Waals surface area contributed by atoms with Gasteiger partial charge in [0.25, 0.3) is 0 Å². The van der Waals surface area contributed by atoms with Crippen molar-refractivity contribution < 1.29 is 4.39 Å². The Hall–Kier alpha value is -1.09. The second-order valence-electron chi connectivity index (χ2n) is 6.41. The summed E-state index contributed by atoms with van der Waals surface area (Å²) in [5.41, 5.74) is 3.72. The molecule has 1 atom stereocenters. The van der Waals surface area contributed by atoms with E-state index in [1.165, 1.54) is 30.5 Å². The molecule has 3 heteroatoms. The molecule has 0 bridgehead atoms. The Morgan fingerprint density at radius 1 is 1.26 bits per heavy atom. The Morgan fingerprint density at radius 3 is 2.84 bits per heavy atom. The number of rotatable bonds is 0. The molecule has 0 saturated heterocycles. The number of anilines is 1. The topological polar surface area (TPSA) is 15.3 Å². The standard InChI is InChI=1S/C16H21FN2/c1-11-12-3-4-13(17)14-15(12)19(10-8-18-11)9-7-16(14)5-2-6-16/h3-4,11,18H,2,5-10H2,1H3. The van der Waals surface area contributed by atoms with Crippen LogP contribution in [0.15, 0.2) is 12.1 Å². The van der Waals surface area contributed by atoms with Crippen LogP contribution in [0, 0.1) is 5.82 Å². The minimum Gasteiger partial charge on any atom is -0.370 e. The van der Waals surface area contributed by atoms with E-state index in [1.807, 2.05) is 6.07 Å². The van der Waals surface area contributed by atoms with E-state index in [-0.39, 0.29) is 11.2 Å². The van der Waals surface area contributed by atoms with Gasteiger partial charge in [0, 0.05) is 42.3 Å². The quantitative estimate of drug-likeness (QED) is 0.771. The molecule has 0 amide bonds. The van der Waals surface area contributed by atoms with E-state index in [0.717, 1.165) is 31.6 Å². The number of hydrogen-bond donors (Lipinski definition) is 1. The van der Waals surface area contributed by atoms with Gasteiger partial charge in [-0.2, -0.15) is 0 Å². The molecule has 1 spiro atoms. The highest BCUT2D eigenvalue weighted by molar-refractivity contribution is 5.66. The summed E-state index contributed by atoms with van der Waals surface area (Å²) in [5.74, 6) is 0.0252. The van der Waals surface area contributed by atoms with Crippen LogP contribution in [0.3, 0.4) is 0 Å². The molecule has 2 nitrogen and oxygen atoms in total. The smallest absolute Gasteiger partial charge is 0.129 e. The van der Waals surface area contributed by atoms with E-state index in [0.29, 0.717) is 6.04 Å². The van der Waals surface area contributed by atoms with Crippen LogP contribution in [0.2, 0.25) is 0 Å². The molecule has 0 radical (unpaired) electrons. The van der Waals surface area contributed by atoms with Gasteiger partial charge in [0.2, 0.25) is 0 Å². The molecule has 3 aliphatic rings. The average Bonchev–Trinajstić information content (AvgIpc) is 2.52. The molecule has 1 aromatic rings. The highest BCUT2D eigenvalue weighted by Crippen LogP contribution is 2.54. The van der Waals surface area contributed by atoms with Crippen LogP contribution in [0.4, 0.5) is 10.1 Å². The fraction of sp³-hybridized carbons (Fsp3) is 0.625. The molecule has 1 aromatic carbocycles. The van der Waals surface area contributed by atoms with Crippen molar-refractivity contribution in [2.45, 2.75) is 44.1 Å². The number of benzene rings is 1. The average molecular weight is 260 g/mol. The second-order valence-corrected chi connectivity index (χ2v) is 6.41. The van der Waals surface area contributed by atoms with E-state index in [1.54, 1.807) is 6.07 Å². The lowest BCUT2D eigenvalue weighted by Crippen LogP contribution is -2.46. The lowest BCUT2D eigenvalue weighted by Gasteiger charge is -2.50. The fourth-order valence-corrected chi connectivity index (χ4v) is 4.22. The van der Waals surface area contributed by atoms with Crippen molar-refractivity contribution in [3.63, 3.8) is 0 Å². The maximum absolute atomic E-state index is 14.5. The molecule has 1 aliphatic carbocycles. The Labute approximate surface area is 114 Å². The number of nitrogens with one attached hydrogen (secondary N) is 1. The molecule has 4 rings (SSSR count). The predicted molar refractivity (Wildman–Crippen MR) is 75.2 cm³/mol. The van der Waals surface area contributed by atoms with Crippen LogP contribution in [0.1, 0.15) is 49.8 Å². The van der Waals surface area contributed by atoms with Gasteiger partial charge in [-0.1, -0.05) is 12.5 Å². The summed E-state index contributed by atoms with van der Waals surface area (Å²) in [5, 5.41) is 3.54. The number of hydrogen-bond acceptors (Lipinski definition) is 2. The summed E-state index contributed by atoms with van der Waals surface area (Å²) in [6, 6.07) is 4.01. The minimum atomic E-state index is 0.0252. The van der Waals surface area contributed by atoms with Crippen LogP contribution >= 0.6 is 0 Å². The molecule has 102 valence electrons. The molecule has 1 saturated carbocycles. The van der Waals surface area contributed by atoms with E-state index in [9.17, 15) is 4.39 Å². The first kappa shape index (κ1) is 11.7. The predicted octanol–water partition coefficient (Wildman–Crippen LogP) is 3.12. The van der Waals surface area contributed by atoms with Gasteiger partial charge < -0.3 is 10.2 Å². The van der Waals surface area contributed by atoms with E-state index in [4.69, 9.17) is 0 Å². The first-order chi connectivity index (χ1) is 9.21. The lowest BCUT2D eigenvalue weighted by molar-refractivity contribution is 0.212. The van der Waals surface area contributed by atoms with Crippen LogP contribution < -0.4 is 10.2 Å². The van der Waals surface area contributed by atoms with Crippen LogP contribution in [0.5, 0.6) is 0 Å². The SMILES string of the molecule is CC1NCCN2CCC3(CCC3)c3c(F)ccc1c32. The Balaban J connectivity index is 1.96. The monoisotopic (exact) mass is 260 g/mol. The van der Waals surface area contributed by atoms with Gasteiger partial charge in [-0.25, -0.2) is 4.39 Å². The van der Waals surface area contributed by atoms with Gasteiger partial charge in [-0.05, 0) is 37.8 Å². The Bertz CT molecular complexity index is 522. The van der Waals surface area contributed by atoms with Crippen molar-refractivity contribution in [2.75, 3.05) is 24.5 Å². The summed E-state index contributed by atoms with van der Waals surface area (Å²) in [4.78, 5) is 2.41. The normalized spacial score (nSPS) is 27.7. The van der Waals surface area contributed by atoms with Crippen LogP contribution in [0.25, 0.3) is 0 Å². The van der Waals surface area contributed by atoms with Gasteiger partial charge >= 0.3 is 0 Å². The van der Waals surface area contributed by atoms with Gasteiger partial charge in [0.05, 0.1) is 0 Å². The number of nitrogens with zero attached hydrogens (tertiary/aromatic N) is 1. The Kier molecular flexibility index (Phi) is 2.44. The van der Waals surface area contributed by atoms with Crippen molar-refractivity contribution in [3.8, 4) is 0 Å². The summed E-state index contributed by atoms with van der Waals surface area (Å²) in [7, 11) is 0. The molecule has 1 fully saturated rings. The zero-order valence-electron chi connectivity index (χ0n) is 11.5. The molecule has 0 aromatic heterocycles. The van der Waals surface area contributed by atoms with Crippen molar-refractivity contribution in [2.24, 2.45) is 0 Å². The minimum absolute atomic E-state index is 0.0252. The van der Waals surface area contributed by atoms with Gasteiger partial charge in [0.1, 0.15) is 5.82 Å². The fourth-order valence-electron chi connectivity index (χ4n) is 4.22.